The molecule has 0 saturated heterocycles. The highest BCUT2D eigenvalue weighted by Gasteiger charge is 2.22. The fourth-order valence-corrected chi connectivity index (χ4v) is 2.19. The molecule has 0 bridgehead atoms. The van der Waals surface area contributed by atoms with Crippen molar-refractivity contribution >= 4 is 11.6 Å². The summed E-state index contributed by atoms with van der Waals surface area (Å²) in [6.07, 6.45) is 4.04. The summed E-state index contributed by atoms with van der Waals surface area (Å²) in [7, 11) is 0. The molecule has 0 radical (unpaired) electrons. The fourth-order valence-electron chi connectivity index (χ4n) is 2.03. The van der Waals surface area contributed by atoms with Crippen molar-refractivity contribution in [2.24, 2.45) is 0 Å². The van der Waals surface area contributed by atoms with Crippen molar-refractivity contribution in [3.8, 4) is 0 Å². The molecule has 3 nitrogen and oxygen atoms in total. The van der Waals surface area contributed by atoms with Gasteiger partial charge in [-0.3, -0.25) is 0 Å². The van der Waals surface area contributed by atoms with E-state index in [1.165, 1.54) is 6.42 Å². The third-order valence-electron chi connectivity index (χ3n) is 2.90. The van der Waals surface area contributed by atoms with E-state index in [1.54, 1.807) is 6.07 Å². The van der Waals surface area contributed by atoms with Crippen LogP contribution in [0.4, 0.5) is 0 Å². The van der Waals surface area contributed by atoms with Crippen molar-refractivity contribution in [2.75, 3.05) is 0 Å². The van der Waals surface area contributed by atoms with Crippen molar-refractivity contribution in [1.82, 2.24) is 5.32 Å². The normalized spacial score (nSPS) is 26.8. The quantitative estimate of drug-likeness (QED) is 0.836. The maximum Gasteiger partial charge on any atom is 0.193 e. The van der Waals surface area contributed by atoms with Crippen molar-refractivity contribution in [1.29, 1.82) is 0 Å². The summed E-state index contributed by atoms with van der Waals surface area (Å²) in [6.45, 7) is 0.633. The van der Waals surface area contributed by atoms with Crippen LogP contribution in [-0.4, -0.2) is 17.3 Å². The Morgan fingerprint density at radius 3 is 2.87 bits per heavy atom. The Bertz CT molecular complexity index is 313. The molecule has 2 rings (SSSR count). The topological polar surface area (TPSA) is 45.4 Å². The third-order valence-corrected chi connectivity index (χ3v) is 3.10. The van der Waals surface area contributed by atoms with Gasteiger partial charge in [0.2, 0.25) is 0 Å². The van der Waals surface area contributed by atoms with Gasteiger partial charge in [0.05, 0.1) is 12.6 Å². The van der Waals surface area contributed by atoms with Crippen molar-refractivity contribution < 1.29 is 9.52 Å². The summed E-state index contributed by atoms with van der Waals surface area (Å²) < 4.78 is 5.23. The standard InChI is InChI=1S/C11H16ClNO2/c12-11-6-5-8(15-11)7-13-9-3-1-2-4-10(9)14/h5-6,9-10,13-14H,1-4,7H2. The summed E-state index contributed by atoms with van der Waals surface area (Å²) in [4.78, 5) is 0. The lowest BCUT2D eigenvalue weighted by Crippen LogP contribution is -2.41. The average Bonchev–Trinajstić information content (AvgIpc) is 2.63. The van der Waals surface area contributed by atoms with E-state index in [0.29, 0.717) is 11.8 Å². The molecule has 0 aromatic carbocycles. The van der Waals surface area contributed by atoms with Gasteiger partial charge in [-0.1, -0.05) is 12.8 Å². The SMILES string of the molecule is OC1CCCCC1NCc1ccc(Cl)o1. The molecule has 0 aliphatic heterocycles. The molecule has 1 aliphatic carbocycles. The lowest BCUT2D eigenvalue weighted by molar-refractivity contribution is 0.0893. The summed E-state index contributed by atoms with van der Waals surface area (Å²) in [6, 6.07) is 3.78. The predicted octanol–water partition coefficient (Wildman–Crippen LogP) is 2.33. The molecule has 1 saturated carbocycles. The monoisotopic (exact) mass is 229 g/mol. The van der Waals surface area contributed by atoms with Crippen LogP contribution < -0.4 is 5.32 Å². The minimum absolute atomic E-state index is 0.197. The highest BCUT2D eigenvalue weighted by atomic mass is 35.5. The Kier molecular flexibility index (Phi) is 3.67. The van der Waals surface area contributed by atoms with Gasteiger partial charge in [-0.15, -0.1) is 0 Å². The summed E-state index contributed by atoms with van der Waals surface area (Å²) in [5, 5.41) is 13.4. The predicted molar refractivity (Wildman–Crippen MR) is 58.8 cm³/mol. The first kappa shape index (κ1) is 11.0. The zero-order valence-electron chi connectivity index (χ0n) is 8.58. The number of hydrogen-bond donors (Lipinski definition) is 2. The second kappa shape index (κ2) is 5.01. The number of nitrogens with one attached hydrogen (secondary N) is 1. The maximum absolute atomic E-state index is 9.73. The first-order valence-corrected chi connectivity index (χ1v) is 5.79. The van der Waals surface area contributed by atoms with E-state index in [9.17, 15) is 5.11 Å². The number of aliphatic hydroxyl groups is 1. The Hall–Kier alpha value is -0.510. The molecule has 2 unspecified atom stereocenters. The molecule has 1 aromatic heterocycles. The summed E-state index contributed by atoms with van der Waals surface area (Å²) in [5.74, 6) is 0.817. The molecule has 2 atom stereocenters. The molecule has 1 heterocycles. The zero-order chi connectivity index (χ0) is 10.7. The van der Waals surface area contributed by atoms with Gasteiger partial charge in [0.1, 0.15) is 5.76 Å². The second-order valence-corrected chi connectivity index (χ2v) is 4.42. The number of hydrogen-bond acceptors (Lipinski definition) is 3. The molecule has 0 amide bonds. The fraction of sp³-hybridized carbons (Fsp3) is 0.636. The van der Waals surface area contributed by atoms with Crippen molar-refractivity contribution in [3.05, 3.63) is 23.1 Å². The van der Waals surface area contributed by atoms with E-state index < -0.39 is 0 Å². The number of rotatable bonds is 3. The summed E-state index contributed by atoms with van der Waals surface area (Å²) in [5.41, 5.74) is 0. The molecule has 1 fully saturated rings. The van der Waals surface area contributed by atoms with Crippen LogP contribution >= 0.6 is 11.6 Å². The minimum atomic E-state index is -0.218. The van der Waals surface area contributed by atoms with Gasteiger partial charge in [-0.2, -0.15) is 0 Å². The largest absolute Gasteiger partial charge is 0.448 e. The third kappa shape index (κ3) is 2.97. The van der Waals surface area contributed by atoms with Gasteiger partial charge in [-0.25, -0.2) is 0 Å². The average molecular weight is 230 g/mol. The van der Waals surface area contributed by atoms with Crippen LogP contribution in [0.15, 0.2) is 16.5 Å². The van der Waals surface area contributed by atoms with E-state index in [1.807, 2.05) is 6.07 Å². The Balaban J connectivity index is 1.81. The molecule has 1 aliphatic rings. The van der Waals surface area contributed by atoms with Gasteiger partial charge < -0.3 is 14.8 Å². The molecule has 1 aromatic rings. The Morgan fingerprint density at radius 1 is 1.40 bits per heavy atom. The van der Waals surface area contributed by atoms with Crippen LogP contribution in [0.5, 0.6) is 0 Å². The van der Waals surface area contributed by atoms with Crippen LogP contribution in [0.1, 0.15) is 31.4 Å². The van der Waals surface area contributed by atoms with E-state index in [-0.39, 0.29) is 12.1 Å². The van der Waals surface area contributed by atoms with Crippen LogP contribution in [0.3, 0.4) is 0 Å². The number of halogens is 1. The molecule has 84 valence electrons. The molecule has 15 heavy (non-hydrogen) atoms. The molecule has 2 N–H and O–H groups in total. The van der Waals surface area contributed by atoms with Crippen LogP contribution in [-0.2, 0) is 6.54 Å². The molecular formula is C11H16ClNO2. The van der Waals surface area contributed by atoms with E-state index in [2.05, 4.69) is 5.32 Å². The van der Waals surface area contributed by atoms with E-state index in [4.69, 9.17) is 16.0 Å². The minimum Gasteiger partial charge on any atom is -0.448 e. The molecular weight excluding hydrogens is 214 g/mol. The van der Waals surface area contributed by atoms with E-state index in [0.717, 1.165) is 25.0 Å². The van der Waals surface area contributed by atoms with Crippen LogP contribution in [0.2, 0.25) is 5.22 Å². The Morgan fingerprint density at radius 2 is 2.20 bits per heavy atom. The number of furan rings is 1. The van der Waals surface area contributed by atoms with Crippen molar-refractivity contribution in [3.63, 3.8) is 0 Å². The summed E-state index contributed by atoms with van der Waals surface area (Å²) >= 11 is 5.67. The van der Waals surface area contributed by atoms with E-state index >= 15 is 0 Å². The second-order valence-electron chi connectivity index (χ2n) is 4.05. The van der Waals surface area contributed by atoms with Crippen molar-refractivity contribution in [2.45, 2.75) is 44.4 Å². The van der Waals surface area contributed by atoms with Gasteiger partial charge in [0.25, 0.3) is 0 Å². The smallest absolute Gasteiger partial charge is 0.193 e. The van der Waals surface area contributed by atoms with Crippen LogP contribution in [0.25, 0.3) is 0 Å². The highest BCUT2D eigenvalue weighted by Crippen LogP contribution is 2.19. The first-order chi connectivity index (χ1) is 7.25. The zero-order valence-corrected chi connectivity index (χ0v) is 9.33. The number of aliphatic hydroxyl groups excluding tert-OH is 1. The molecule has 0 spiro atoms. The highest BCUT2D eigenvalue weighted by molar-refractivity contribution is 6.28. The van der Waals surface area contributed by atoms with Crippen LogP contribution in [0, 0.1) is 0 Å². The maximum atomic E-state index is 9.73. The van der Waals surface area contributed by atoms with Gasteiger partial charge in [-0.05, 0) is 36.6 Å². The lowest BCUT2D eigenvalue weighted by atomic mass is 9.92. The van der Waals surface area contributed by atoms with Gasteiger partial charge >= 0.3 is 0 Å². The van der Waals surface area contributed by atoms with Gasteiger partial charge in [0.15, 0.2) is 5.22 Å². The lowest BCUT2D eigenvalue weighted by Gasteiger charge is -2.28. The Labute approximate surface area is 94.4 Å². The van der Waals surface area contributed by atoms with Gasteiger partial charge in [0, 0.05) is 6.04 Å². The molecule has 4 heteroatoms. The first-order valence-electron chi connectivity index (χ1n) is 5.41.